The van der Waals surface area contributed by atoms with Gasteiger partial charge in [-0.2, -0.15) is 0 Å². The Morgan fingerprint density at radius 1 is 1.38 bits per heavy atom. The molecule has 1 aromatic carbocycles. The maximum Gasteiger partial charge on any atom is 0.335 e. The average Bonchev–Trinajstić information content (AvgIpc) is 2.03. The highest BCUT2D eigenvalue weighted by Gasteiger charge is 2.09. The lowest BCUT2D eigenvalue weighted by Crippen LogP contribution is -1.99. The van der Waals surface area contributed by atoms with Crippen LogP contribution < -0.4 is 5.32 Å². The van der Waals surface area contributed by atoms with Gasteiger partial charge in [-0.05, 0) is 44.0 Å². The van der Waals surface area contributed by atoms with E-state index in [2.05, 4.69) is 37.2 Å². The first-order valence-electron chi connectivity index (χ1n) is 3.46. The van der Waals surface area contributed by atoms with Crippen LogP contribution in [0.4, 0.5) is 5.69 Å². The number of carboxylic acids is 1. The van der Waals surface area contributed by atoms with Crippen LogP contribution in [-0.4, -0.2) is 18.1 Å². The van der Waals surface area contributed by atoms with Gasteiger partial charge in [0.05, 0.1) is 11.3 Å². The van der Waals surface area contributed by atoms with Crippen molar-refractivity contribution in [3.63, 3.8) is 0 Å². The summed E-state index contributed by atoms with van der Waals surface area (Å²) in [6.45, 7) is 0. The lowest BCUT2D eigenvalue weighted by atomic mass is 10.2. The van der Waals surface area contributed by atoms with Gasteiger partial charge in [-0.15, -0.1) is 0 Å². The van der Waals surface area contributed by atoms with Crippen molar-refractivity contribution in [2.75, 3.05) is 12.4 Å². The number of carbonyl (C=O) groups is 1. The number of hydrogen-bond acceptors (Lipinski definition) is 2. The van der Waals surface area contributed by atoms with Gasteiger partial charge < -0.3 is 10.4 Å². The van der Waals surface area contributed by atoms with Crippen molar-refractivity contribution in [2.24, 2.45) is 0 Å². The molecule has 0 fully saturated rings. The lowest BCUT2D eigenvalue weighted by Gasteiger charge is -2.07. The average molecular weight is 309 g/mol. The molecule has 0 heterocycles. The third-order valence-corrected chi connectivity index (χ3v) is 2.79. The molecule has 0 aromatic heterocycles. The monoisotopic (exact) mass is 307 g/mol. The van der Waals surface area contributed by atoms with E-state index in [0.29, 0.717) is 0 Å². The Balaban J connectivity index is 3.28. The highest BCUT2D eigenvalue weighted by Crippen LogP contribution is 2.31. The largest absolute Gasteiger partial charge is 0.478 e. The van der Waals surface area contributed by atoms with Crippen LogP contribution in [0.2, 0.25) is 0 Å². The van der Waals surface area contributed by atoms with Crippen molar-refractivity contribution in [1.29, 1.82) is 0 Å². The molecule has 0 unspecified atom stereocenters. The van der Waals surface area contributed by atoms with E-state index < -0.39 is 5.97 Å². The number of anilines is 1. The van der Waals surface area contributed by atoms with Crippen LogP contribution in [0.3, 0.4) is 0 Å². The zero-order chi connectivity index (χ0) is 10.0. The molecule has 70 valence electrons. The molecular formula is C8H7Br2NO2. The zero-order valence-corrected chi connectivity index (χ0v) is 9.94. The maximum absolute atomic E-state index is 10.6. The van der Waals surface area contributed by atoms with Gasteiger partial charge in [-0.1, -0.05) is 0 Å². The first-order valence-corrected chi connectivity index (χ1v) is 5.05. The molecule has 0 saturated heterocycles. The summed E-state index contributed by atoms with van der Waals surface area (Å²) in [5.74, 6) is -0.941. The topological polar surface area (TPSA) is 49.3 Å². The summed E-state index contributed by atoms with van der Waals surface area (Å²) in [7, 11) is 1.77. The fourth-order valence-corrected chi connectivity index (χ4v) is 2.52. The molecular weight excluding hydrogens is 302 g/mol. The van der Waals surface area contributed by atoms with Crippen LogP contribution in [0, 0.1) is 0 Å². The number of hydrogen-bond donors (Lipinski definition) is 2. The van der Waals surface area contributed by atoms with E-state index in [1.807, 2.05) is 0 Å². The maximum atomic E-state index is 10.6. The summed E-state index contributed by atoms with van der Waals surface area (Å²) in [5, 5.41) is 11.7. The van der Waals surface area contributed by atoms with E-state index in [1.54, 1.807) is 19.2 Å². The van der Waals surface area contributed by atoms with Crippen LogP contribution in [0.15, 0.2) is 21.1 Å². The number of rotatable bonds is 2. The summed E-state index contributed by atoms with van der Waals surface area (Å²) in [4.78, 5) is 10.6. The van der Waals surface area contributed by atoms with Gasteiger partial charge in [0.15, 0.2) is 0 Å². The quantitative estimate of drug-likeness (QED) is 0.883. The molecule has 0 aliphatic heterocycles. The third kappa shape index (κ3) is 2.22. The van der Waals surface area contributed by atoms with Crippen molar-refractivity contribution in [3.8, 4) is 0 Å². The SMILES string of the molecule is CNc1c(Br)cc(C(=O)O)cc1Br. The van der Waals surface area contributed by atoms with Crippen LogP contribution in [0.1, 0.15) is 10.4 Å². The molecule has 0 atom stereocenters. The second-order valence-electron chi connectivity index (χ2n) is 2.37. The molecule has 0 saturated carbocycles. The molecule has 0 radical (unpaired) electrons. The minimum Gasteiger partial charge on any atom is -0.478 e. The Morgan fingerprint density at radius 2 is 1.85 bits per heavy atom. The van der Waals surface area contributed by atoms with Gasteiger partial charge in [-0.25, -0.2) is 4.79 Å². The van der Waals surface area contributed by atoms with Crippen LogP contribution >= 0.6 is 31.9 Å². The molecule has 0 bridgehead atoms. The molecule has 2 N–H and O–H groups in total. The Morgan fingerprint density at radius 3 is 2.15 bits per heavy atom. The van der Waals surface area contributed by atoms with Crippen molar-refractivity contribution < 1.29 is 9.90 Å². The second kappa shape index (κ2) is 4.11. The lowest BCUT2D eigenvalue weighted by molar-refractivity contribution is 0.0697. The molecule has 5 heteroatoms. The van der Waals surface area contributed by atoms with Crippen LogP contribution in [0.5, 0.6) is 0 Å². The highest BCUT2D eigenvalue weighted by molar-refractivity contribution is 9.11. The van der Waals surface area contributed by atoms with Gasteiger partial charge in [0.25, 0.3) is 0 Å². The van der Waals surface area contributed by atoms with Crippen LogP contribution in [0.25, 0.3) is 0 Å². The number of nitrogens with one attached hydrogen (secondary N) is 1. The fraction of sp³-hybridized carbons (Fsp3) is 0.125. The van der Waals surface area contributed by atoms with E-state index in [9.17, 15) is 4.79 Å². The van der Waals surface area contributed by atoms with E-state index in [-0.39, 0.29) is 5.56 Å². The molecule has 1 rings (SSSR count). The van der Waals surface area contributed by atoms with Crippen molar-refractivity contribution in [1.82, 2.24) is 0 Å². The zero-order valence-electron chi connectivity index (χ0n) is 6.77. The predicted molar refractivity (Wildman–Crippen MR) is 58.3 cm³/mol. The smallest absolute Gasteiger partial charge is 0.335 e. The van der Waals surface area contributed by atoms with Gasteiger partial charge in [0.1, 0.15) is 0 Å². The minimum absolute atomic E-state index is 0.248. The summed E-state index contributed by atoms with van der Waals surface area (Å²) < 4.78 is 1.45. The molecule has 3 nitrogen and oxygen atoms in total. The van der Waals surface area contributed by atoms with E-state index >= 15 is 0 Å². The number of aromatic carboxylic acids is 1. The van der Waals surface area contributed by atoms with Crippen molar-refractivity contribution in [2.45, 2.75) is 0 Å². The van der Waals surface area contributed by atoms with Gasteiger partial charge in [0, 0.05) is 16.0 Å². The predicted octanol–water partition coefficient (Wildman–Crippen LogP) is 2.95. The third-order valence-electron chi connectivity index (χ3n) is 1.54. The summed E-state index contributed by atoms with van der Waals surface area (Å²) in [5.41, 5.74) is 1.09. The van der Waals surface area contributed by atoms with Crippen molar-refractivity contribution in [3.05, 3.63) is 26.6 Å². The molecule has 0 aliphatic carbocycles. The van der Waals surface area contributed by atoms with Crippen molar-refractivity contribution >= 4 is 43.5 Å². The van der Waals surface area contributed by atoms with E-state index in [4.69, 9.17) is 5.11 Å². The Hall–Kier alpha value is -0.550. The Labute approximate surface area is 92.4 Å². The minimum atomic E-state index is -0.941. The molecule has 13 heavy (non-hydrogen) atoms. The standard InChI is InChI=1S/C8H7Br2NO2/c1-11-7-5(9)2-4(8(12)13)3-6(7)10/h2-3,11H,1H3,(H,12,13). The molecule has 0 amide bonds. The van der Waals surface area contributed by atoms with Crippen LogP contribution in [-0.2, 0) is 0 Å². The normalized spacial score (nSPS) is 9.77. The second-order valence-corrected chi connectivity index (χ2v) is 4.08. The Bertz CT molecular complexity index is 329. The summed E-state index contributed by atoms with van der Waals surface area (Å²) >= 11 is 6.54. The van der Waals surface area contributed by atoms with Gasteiger partial charge in [0.2, 0.25) is 0 Å². The Kier molecular flexibility index (Phi) is 3.33. The summed E-state index contributed by atoms with van der Waals surface area (Å²) in [6.07, 6.45) is 0. The first kappa shape index (κ1) is 10.5. The van der Waals surface area contributed by atoms with Gasteiger partial charge in [-0.3, -0.25) is 0 Å². The molecule has 0 aliphatic rings. The molecule has 1 aromatic rings. The number of halogens is 2. The first-order chi connectivity index (χ1) is 6.06. The molecule has 0 spiro atoms. The summed E-state index contributed by atoms with van der Waals surface area (Å²) in [6, 6.07) is 3.11. The highest BCUT2D eigenvalue weighted by atomic mass is 79.9. The van der Waals surface area contributed by atoms with Gasteiger partial charge >= 0.3 is 5.97 Å². The van der Waals surface area contributed by atoms with E-state index in [1.165, 1.54) is 0 Å². The fourth-order valence-electron chi connectivity index (χ4n) is 0.935. The van der Waals surface area contributed by atoms with E-state index in [0.717, 1.165) is 14.6 Å². The number of carboxylic acid groups (broad SMARTS) is 1. The number of benzene rings is 1.